The van der Waals surface area contributed by atoms with E-state index in [9.17, 15) is 0 Å². The van der Waals surface area contributed by atoms with Crippen molar-refractivity contribution in [3.8, 4) is 0 Å². The fraction of sp³-hybridized carbons (Fsp3) is 1.00. The van der Waals surface area contributed by atoms with Crippen LogP contribution < -0.4 is 5.32 Å². The van der Waals surface area contributed by atoms with E-state index >= 15 is 0 Å². The molecule has 0 aromatic heterocycles. The van der Waals surface area contributed by atoms with Gasteiger partial charge in [0, 0.05) is 30.7 Å². The van der Waals surface area contributed by atoms with Crippen LogP contribution in [0.3, 0.4) is 0 Å². The zero-order valence-electron chi connectivity index (χ0n) is 13.3. The topological polar surface area (TPSA) is 30.5 Å². The van der Waals surface area contributed by atoms with Crippen molar-refractivity contribution >= 4 is 0 Å². The largest absolute Gasteiger partial charge is 0.378 e. The van der Waals surface area contributed by atoms with Gasteiger partial charge in [0.2, 0.25) is 0 Å². The second kappa shape index (κ2) is 5.71. The van der Waals surface area contributed by atoms with Crippen LogP contribution in [-0.4, -0.2) is 37.0 Å². The van der Waals surface area contributed by atoms with Gasteiger partial charge >= 0.3 is 0 Å². The minimum absolute atomic E-state index is 0.0725. The van der Waals surface area contributed by atoms with E-state index in [1.807, 2.05) is 0 Å². The van der Waals surface area contributed by atoms with Gasteiger partial charge in [-0.2, -0.15) is 0 Å². The summed E-state index contributed by atoms with van der Waals surface area (Å²) in [4.78, 5) is 0. The highest BCUT2D eigenvalue weighted by Crippen LogP contribution is 2.43. The van der Waals surface area contributed by atoms with Crippen LogP contribution in [0.25, 0.3) is 0 Å². The molecule has 0 aromatic carbocycles. The third kappa shape index (κ3) is 3.14. The molecule has 1 saturated heterocycles. The van der Waals surface area contributed by atoms with Gasteiger partial charge in [0.1, 0.15) is 0 Å². The van der Waals surface area contributed by atoms with Crippen molar-refractivity contribution < 1.29 is 9.47 Å². The van der Waals surface area contributed by atoms with E-state index in [0.29, 0.717) is 18.2 Å². The van der Waals surface area contributed by atoms with Crippen molar-refractivity contribution in [1.82, 2.24) is 5.32 Å². The summed E-state index contributed by atoms with van der Waals surface area (Å²) in [5.74, 6) is 0. The van der Waals surface area contributed by atoms with E-state index in [0.717, 1.165) is 38.9 Å². The van der Waals surface area contributed by atoms with E-state index in [4.69, 9.17) is 9.47 Å². The molecule has 4 unspecified atom stereocenters. The molecule has 19 heavy (non-hydrogen) atoms. The number of nitrogens with one attached hydrogen (secondary N) is 1. The number of hydrogen-bond acceptors (Lipinski definition) is 3. The van der Waals surface area contributed by atoms with Crippen LogP contribution in [0.4, 0.5) is 0 Å². The van der Waals surface area contributed by atoms with E-state index in [1.165, 1.54) is 0 Å². The summed E-state index contributed by atoms with van der Waals surface area (Å²) in [6, 6.07) is 1.19. The van der Waals surface area contributed by atoms with Crippen molar-refractivity contribution in [2.24, 2.45) is 5.41 Å². The first-order chi connectivity index (χ1) is 8.91. The Labute approximate surface area is 118 Å². The lowest BCUT2D eigenvalue weighted by molar-refractivity contribution is -0.127. The molecule has 0 bridgehead atoms. The maximum Gasteiger partial charge on any atom is 0.0666 e. The molecule has 2 aliphatic rings. The lowest BCUT2D eigenvalue weighted by Gasteiger charge is -2.54. The average molecular weight is 269 g/mol. The molecule has 112 valence electrons. The molecule has 1 aliphatic carbocycles. The average Bonchev–Trinajstić information content (AvgIpc) is 2.38. The van der Waals surface area contributed by atoms with Gasteiger partial charge in [-0.1, -0.05) is 20.8 Å². The molecule has 0 amide bonds. The van der Waals surface area contributed by atoms with Crippen LogP contribution in [0.15, 0.2) is 0 Å². The van der Waals surface area contributed by atoms with Crippen molar-refractivity contribution in [2.45, 2.75) is 84.1 Å². The molecule has 1 heterocycles. The summed E-state index contributed by atoms with van der Waals surface area (Å²) in [5, 5.41) is 3.86. The number of ether oxygens (including phenoxy) is 2. The Kier molecular flexibility index (Phi) is 4.59. The lowest BCUT2D eigenvalue weighted by atomic mass is 9.64. The van der Waals surface area contributed by atoms with E-state index in [-0.39, 0.29) is 11.0 Å². The van der Waals surface area contributed by atoms with E-state index < -0.39 is 0 Å². The van der Waals surface area contributed by atoms with Gasteiger partial charge in [-0.05, 0) is 39.5 Å². The third-order valence-electron chi connectivity index (χ3n) is 5.33. The molecule has 3 nitrogen and oxygen atoms in total. The molecule has 2 fully saturated rings. The fourth-order valence-electron chi connectivity index (χ4n) is 3.46. The highest BCUT2D eigenvalue weighted by molar-refractivity contribution is 5.04. The van der Waals surface area contributed by atoms with Crippen LogP contribution in [-0.2, 0) is 9.47 Å². The lowest BCUT2D eigenvalue weighted by Crippen LogP contribution is -2.64. The first-order valence-electron chi connectivity index (χ1n) is 7.93. The van der Waals surface area contributed by atoms with Gasteiger partial charge < -0.3 is 14.8 Å². The molecule has 0 aromatic rings. The minimum atomic E-state index is 0.0725. The van der Waals surface area contributed by atoms with Crippen molar-refractivity contribution in [3.05, 3.63) is 0 Å². The quantitative estimate of drug-likeness (QED) is 0.832. The van der Waals surface area contributed by atoms with Gasteiger partial charge in [-0.25, -0.2) is 0 Å². The Morgan fingerprint density at radius 1 is 1.26 bits per heavy atom. The molecule has 3 heteroatoms. The second-order valence-electron chi connectivity index (χ2n) is 7.06. The normalized spacial score (nSPS) is 41.8. The van der Waals surface area contributed by atoms with Crippen LogP contribution in [0.5, 0.6) is 0 Å². The summed E-state index contributed by atoms with van der Waals surface area (Å²) in [6.07, 6.45) is 4.95. The molecular weight excluding hydrogens is 238 g/mol. The fourth-order valence-corrected chi connectivity index (χ4v) is 3.46. The summed E-state index contributed by atoms with van der Waals surface area (Å²) in [7, 11) is 0. The summed E-state index contributed by atoms with van der Waals surface area (Å²) in [5.41, 5.74) is 0.333. The predicted molar refractivity (Wildman–Crippen MR) is 78.4 cm³/mol. The highest BCUT2D eigenvalue weighted by Gasteiger charge is 2.49. The Bertz CT molecular complexity index is 305. The van der Waals surface area contributed by atoms with Gasteiger partial charge in [-0.3, -0.25) is 0 Å². The molecule has 1 aliphatic heterocycles. The predicted octanol–water partition coefficient (Wildman–Crippen LogP) is 3.13. The van der Waals surface area contributed by atoms with Crippen LogP contribution in [0.1, 0.15) is 60.3 Å². The standard InChI is InChI=1S/C16H31NO2/c1-6-16(5)11-12(8-9-19-16)17-13-10-14(18-7-2)15(13,3)4/h12-14,17H,6-11H2,1-5H3. The first kappa shape index (κ1) is 15.3. The zero-order valence-corrected chi connectivity index (χ0v) is 13.3. The zero-order chi connectivity index (χ0) is 14.1. The molecule has 0 radical (unpaired) electrons. The Balaban J connectivity index is 1.86. The smallest absolute Gasteiger partial charge is 0.0666 e. The maximum atomic E-state index is 5.93. The van der Waals surface area contributed by atoms with E-state index in [2.05, 4.69) is 39.9 Å². The van der Waals surface area contributed by atoms with Gasteiger partial charge in [0.25, 0.3) is 0 Å². The summed E-state index contributed by atoms with van der Waals surface area (Å²) in [6.45, 7) is 12.9. The molecular formula is C16H31NO2. The van der Waals surface area contributed by atoms with Gasteiger partial charge in [-0.15, -0.1) is 0 Å². The van der Waals surface area contributed by atoms with E-state index in [1.54, 1.807) is 0 Å². The molecule has 1 saturated carbocycles. The Hall–Kier alpha value is -0.120. The monoisotopic (exact) mass is 269 g/mol. The summed E-state index contributed by atoms with van der Waals surface area (Å²) >= 11 is 0. The maximum absolute atomic E-state index is 5.93. The summed E-state index contributed by atoms with van der Waals surface area (Å²) < 4.78 is 11.7. The number of hydrogen-bond donors (Lipinski definition) is 1. The minimum Gasteiger partial charge on any atom is -0.378 e. The Morgan fingerprint density at radius 3 is 2.58 bits per heavy atom. The molecule has 0 spiro atoms. The first-order valence-corrected chi connectivity index (χ1v) is 7.93. The van der Waals surface area contributed by atoms with Crippen molar-refractivity contribution in [2.75, 3.05) is 13.2 Å². The van der Waals surface area contributed by atoms with Crippen LogP contribution >= 0.6 is 0 Å². The third-order valence-corrected chi connectivity index (χ3v) is 5.33. The highest BCUT2D eigenvalue weighted by atomic mass is 16.5. The molecule has 4 atom stereocenters. The van der Waals surface area contributed by atoms with Gasteiger partial charge in [0.05, 0.1) is 11.7 Å². The molecule has 2 rings (SSSR count). The van der Waals surface area contributed by atoms with Crippen LogP contribution in [0, 0.1) is 5.41 Å². The second-order valence-corrected chi connectivity index (χ2v) is 7.06. The van der Waals surface area contributed by atoms with Crippen molar-refractivity contribution in [3.63, 3.8) is 0 Å². The van der Waals surface area contributed by atoms with Gasteiger partial charge in [0.15, 0.2) is 0 Å². The molecule has 1 N–H and O–H groups in total. The Morgan fingerprint density at radius 2 is 2.00 bits per heavy atom. The SMILES string of the molecule is CCOC1CC(NC2CCOC(C)(CC)C2)C1(C)C. The van der Waals surface area contributed by atoms with Crippen molar-refractivity contribution in [1.29, 1.82) is 0 Å². The van der Waals surface area contributed by atoms with Crippen LogP contribution in [0.2, 0.25) is 0 Å². The number of rotatable bonds is 5.